The highest BCUT2D eigenvalue weighted by atomic mass is 16.2. The van der Waals surface area contributed by atoms with Crippen LogP contribution in [0, 0.1) is 5.92 Å². The van der Waals surface area contributed by atoms with Crippen LogP contribution in [0.2, 0.25) is 0 Å². The van der Waals surface area contributed by atoms with Crippen LogP contribution in [0.15, 0.2) is 35.9 Å². The van der Waals surface area contributed by atoms with Crippen molar-refractivity contribution in [3.63, 3.8) is 0 Å². The van der Waals surface area contributed by atoms with Crippen LogP contribution in [-0.4, -0.2) is 17.4 Å². The van der Waals surface area contributed by atoms with Crippen molar-refractivity contribution < 1.29 is 9.59 Å². The molecule has 0 unspecified atom stereocenters. The summed E-state index contributed by atoms with van der Waals surface area (Å²) in [7, 11) is 0. The predicted molar refractivity (Wildman–Crippen MR) is 85.7 cm³/mol. The van der Waals surface area contributed by atoms with Crippen molar-refractivity contribution in [2.75, 3.05) is 0 Å². The molecule has 0 spiro atoms. The number of carbonyl (C=O) groups excluding carboxylic acids is 2. The standard InChI is InChI=1S/C18H22N2O2/c1-12-14(13-8-4-2-5-9-13)15(12)16(21)20-18(17(19)22)10-6-3-7-11-18/h2,4-5,8-9,15H,3,6-7,10-11H2,1H3,(H2,19,22)(H,20,21)/t15-/m0/s1. The Kier molecular flexibility index (Phi) is 3.77. The maximum Gasteiger partial charge on any atom is 0.243 e. The first-order chi connectivity index (χ1) is 10.6. The first-order valence-corrected chi connectivity index (χ1v) is 7.93. The van der Waals surface area contributed by atoms with Gasteiger partial charge in [0.25, 0.3) is 0 Å². The number of hydrogen-bond donors (Lipinski definition) is 2. The molecular formula is C18H22N2O2. The highest BCUT2D eigenvalue weighted by Crippen LogP contribution is 2.47. The molecule has 116 valence electrons. The fraction of sp³-hybridized carbons (Fsp3) is 0.444. The smallest absolute Gasteiger partial charge is 0.243 e. The van der Waals surface area contributed by atoms with Gasteiger partial charge in [-0.25, -0.2) is 0 Å². The molecule has 0 saturated heterocycles. The number of nitrogens with two attached hydrogens (primary N) is 1. The van der Waals surface area contributed by atoms with Crippen molar-refractivity contribution in [1.29, 1.82) is 0 Å². The number of carbonyl (C=O) groups is 2. The molecule has 0 bridgehead atoms. The van der Waals surface area contributed by atoms with E-state index >= 15 is 0 Å². The van der Waals surface area contributed by atoms with Crippen LogP contribution >= 0.6 is 0 Å². The second-order valence-corrected chi connectivity index (χ2v) is 6.39. The lowest BCUT2D eigenvalue weighted by molar-refractivity contribution is -0.133. The average molecular weight is 298 g/mol. The predicted octanol–water partition coefficient (Wildman–Crippen LogP) is 2.39. The van der Waals surface area contributed by atoms with Gasteiger partial charge in [0.15, 0.2) is 0 Å². The van der Waals surface area contributed by atoms with Gasteiger partial charge in [-0.1, -0.05) is 55.2 Å². The third-order valence-electron chi connectivity index (χ3n) is 4.95. The average Bonchev–Trinajstić information content (AvgIpc) is 3.20. The lowest BCUT2D eigenvalue weighted by atomic mass is 9.81. The van der Waals surface area contributed by atoms with E-state index in [1.807, 2.05) is 37.3 Å². The molecule has 1 fully saturated rings. The summed E-state index contributed by atoms with van der Waals surface area (Å²) in [4.78, 5) is 24.5. The third kappa shape index (κ3) is 2.54. The van der Waals surface area contributed by atoms with Crippen molar-refractivity contribution in [3.8, 4) is 0 Å². The van der Waals surface area contributed by atoms with E-state index in [9.17, 15) is 9.59 Å². The van der Waals surface area contributed by atoms with Crippen LogP contribution in [0.4, 0.5) is 0 Å². The van der Waals surface area contributed by atoms with E-state index in [-0.39, 0.29) is 11.8 Å². The van der Waals surface area contributed by atoms with Gasteiger partial charge in [0, 0.05) is 0 Å². The molecule has 1 aromatic carbocycles. The van der Waals surface area contributed by atoms with Crippen LogP contribution in [0.5, 0.6) is 0 Å². The molecule has 1 saturated carbocycles. The molecule has 0 radical (unpaired) electrons. The SMILES string of the molecule is CC1=C(c2ccccc2)[C@H]1C(=O)NC1(C(N)=O)CCCCC1. The molecule has 22 heavy (non-hydrogen) atoms. The summed E-state index contributed by atoms with van der Waals surface area (Å²) in [6, 6.07) is 9.91. The van der Waals surface area contributed by atoms with E-state index in [2.05, 4.69) is 5.32 Å². The molecule has 1 atom stereocenters. The minimum Gasteiger partial charge on any atom is -0.368 e. The van der Waals surface area contributed by atoms with Gasteiger partial charge in [-0.3, -0.25) is 9.59 Å². The normalized spacial score (nSPS) is 23.0. The molecule has 4 heteroatoms. The Morgan fingerprint density at radius 1 is 1.14 bits per heavy atom. The summed E-state index contributed by atoms with van der Waals surface area (Å²) >= 11 is 0. The zero-order valence-electron chi connectivity index (χ0n) is 12.9. The largest absolute Gasteiger partial charge is 0.368 e. The molecule has 0 aromatic heterocycles. The van der Waals surface area contributed by atoms with Crippen LogP contribution in [0.1, 0.15) is 44.6 Å². The van der Waals surface area contributed by atoms with E-state index in [1.54, 1.807) is 0 Å². The van der Waals surface area contributed by atoms with Gasteiger partial charge in [-0.15, -0.1) is 0 Å². The molecule has 3 N–H and O–H groups in total. The molecule has 2 amide bonds. The number of primary amides is 1. The molecule has 0 aliphatic heterocycles. The Labute approximate surface area is 130 Å². The number of rotatable bonds is 4. The Morgan fingerprint density at radius 2 is 1.77 bits per heavy atom. The summed E-state index contributed by atoms with van der Waals surface area (Å²) in [5.74, 6) is -0.697. The third-order valence-corrected chi connectivity index (χ3v) is 4.95. The first-order valence-electron chi connectivity index (χ1n) is 7.93. The Balaban J connectivity index is 1.72. The molecular weight excluding hydrogens is 276 g/mol. The number of hydrogen-bond acceptors (Lipinski definition) is 2. The Morgan fingerprint density at radius 3 is 2.36 bits per heavy atom. The summed E-state index contributed by atoms with van der Waals surface area (Å²) in [6.45, 7) is 1.98. The Bertz CT molecular complexity index is 628. The quantitative estimate of drug-likeness (QED) is 0.896. The van der Waals surface area contributed by atoms with E-state index in [1.165, 1.54) is 0 Å². The maximum absolute atomic E-state index is 12.6. The van der Waals surface area contributed by atoms with Gasteiger partial charge >= 0.3 is 0 Å². The van der Waals surface area contributed by atoms with E-state index in [0.29, 0.717) is 12.8 Å². The first kappa shape index (κ1) is 14.8. The molecule has 2 aliphatic rings. The topological polar surface area (TPSA) is 72.2 Å². The summed E-state index contributed by atoms with van der Waals surface area (Å²) < 4.78 is 0. The lowest BCUT2D eigenvalue weighted by Crippen LogP contribution is -2.59. The van der Waals surface area contributed by atoms with Gasteiger partial charge in [0.1, 0.15) is 5.54 Å². The molecule has 2 aliphatic carbocycles. The molecule has 4 nitrogen and oxygen atoms in total. The number of amides is 2. The second-order valence-electron chi connectivity index (χ2n) is 6.39. The Hall–Kier alpha value is -2.10. The van der Waals surface area contributed by atoms with E-state index in [0.717, 1.165) is 36.0 Å². The van der Waals surface area contributed by atoms with Gasteiger partial charge in [-0.05, 0) is 30.9 Å². The summed E-state index contributed by atoms with van der Waals surface area (Å²) in [5, 5.41) is 2.97. The minimum absolute atomic E-state index is 0.0861. The van der Waals surface area contributed by atoms with Crippen LogP contribution in [-0.2, 0) is 9.59 Å². The van der Waals surface area contributed by atoms with Gasteiger partial charge < -0.3 is 11.1 Å². The van der Waals surface area contributed by atoms with Crippen LogP contribution in [0.25, 0.3) is 5.57 Å². The van der Waals surface area contributed by atoms with Crippen molar-refractivity contribution in [3.05, 3.63) is 41.5 Å². The lowest BCUT2D eigenvalue weighted by Gasteiger charge is -2.35. The summed E-state index contributed by atoms with van der Waals surface area (Å²) in [6.07, 6.45) is 4.28. The van der Waals surface area contributed by atoms with Crippen molar-refractivity contribution >= 4 is 17.4 Å². The highest BCUT2D eigenvalue weighted by Gasteiger charge is 2.45. The molecule has 0 heterocycles. The highest BCUT2D eigenvalue weighted by molar-refractivity contribution is 6.07. The fourth-order valence-corrected chi connectivity index (χ4v) is 3.57. The van der Waals surface area contributed by atoms with Crippen molar-refractivity contribution in [1.82, 2.24) is 5.32 Å². The van der Waals surface area contributed by atoms with E-state index in [4.69, 9.17) is 5.73 Å². The summed E-state index contributed by atoms with van der Waals surface area (Å²) in [5.41, 5.74) is 7.98. The van der Waals surface area contributed by atoms with Gasteiger partial charge in [0.2, 0.25) is 11.8 Å². The van der Waals surface area contributed by atoms with Crippen LogP contribution in [0.3, 0.4) is 0 Å². The van der Waals surface area contributed by atoms with E-state index < -0.39 is 11.4 Å². The van der Waals surface area contributed by atoms with Gasteiger partial charge in [-0.2, -0.15) is 0 Å². The monoisotopic (exact) mass is 298 g/mol. The van der Waals surface area contributed by atoms with Crippen molar-refractivity contribution in [2.45, 2.75) is 44.6 Å². The van der Waals surface area contributed by atoms with Crippen molar-refractivity contribution in [2.24, 2.45) is 11.7 Å². The maximum atomic E-state index is 12.6. The second kappa shape index (κ2) is 5.59. The fourth-order valence-electron chi connectivity index (χ4n) is 3.57. The number of nitrogens with one attached hydrogen (secondary N) is 1. The minimum atomic E-state index is -0.847. The molecule has 3 rings (SSSR count). The zero-order chi connectivity index (χ0) is 15.7. The number of benzene rings is 1. The van der Waals surface area contributed by atoms with Crippen LogP contribution < -0.4 is 11.1 Å². The molecule has 1 aromatic rings. The zero-order valence-corrected chi connectivity index (χ0v) is 12.9. The van der Waals surface area contributed by atoms with Gasteiger partial charge in [0.05, 0.1) is 5.92 Å².